The van der Waals surface area contributed by atoms with Gasteiger partial charge in [0, 0.05) is 11.4 Å². The van der Waals surface area contributed by atoms with Crippen molar-refractivity contribution in [1.29, 1.82) is 0 Å². The van der Waals surface area contributed by atoms with E-state index in [-0.39, 0.29) is 5.91 Å². The smallest absolute Gasteiger partial charge is 0.316 e. The molecule has 0 aliphatic carbocycles. The molecule has 1 aromatic rings. The van der Waals surface area contributed by atoms with Crippen LogP contribution in [0.15, 0.2) is 29.2 Å². The number of amides is 1. The van der Waals surface area contributed by atoms with Crippen LogP contribution in [0.2, 0.25) is 0 Å². The Morgan fingerprint density at radius 2 is 2.06 bits per heavy atom. The molecular formula is C12H15NO3S. The van der Waals surface area contributed by atoms with Crippen LogP contribution in [0.25, 0.3) is 0 Å². The van der Waals surface area contributed by atoms with Crippen LogP contribution in [0, 0.1) is 0 Å². The molecule has 1 unspecified atom stereocenters. The molecule has 0 radical (unpaired) electrons. The minimum atomic E-state index is -0.888. The van der Waals surface area contributed by atoms with E-state index in [9.17, 15) is 9.59 Å². The molecule has 0 saturated heterocycles. The van der Waals surface area contributed by atoms with Gasteiger partial charge in [-0.15, -0.1) is 11.8 Å². The van der Waals surface area contributed by atoms with Crippen LogP contribution in [0.4, 0.5) is 0 Å². The molecule has 0 spiro atoms. The van der Waals surface area contributed by atoms with E-state index in [0.717, 1.165) is 0 Å². The summed E-state index contributed by atoms with van der Waals surface area (Å²) in [5.74, 6) is -1.06. The molecule has 0 aliphatic heterocycles. The number of hydrogen-bond acceptors (Lipinski definition) is 3. The number of aliphatic carboxylic acids is 1. The number of nitrogens with one attached hydrogen (secondary N) is 1. The van der Waals surface area contributed by atoms with Gasteiger partial charge in [-0.1, -0.05) is 12.1 Å². The third-order valence-corrected chi connectivity index (χ3v) is 3.29. The van der Waals surface area contributed by atoms with Crippen molar-refractivity contribution in [2.24, 2.45) is 0 Å². The summed E-state index contributed by atoms with van der Waals surface area (Å²) in [5.41, 5.74) is 0.521. The largest absolute Gasteiger partial charge is 0.480 e. The second-order valence-electron chi connectivity index (χ2n) is 3.45. The van der Waals surface area contributed by atoms with Gasteiger partial charge in [-0.05, 0) is 26.0 Å². The zero-order chi connectivity index (χ0) is 12.8. The van der Waals surface area contributed by atoms with Gasteiger partial charge in [0.25, 0.3) is 5.91 Å². The van der Waals surface area contributed by atoms with Gasteiger partial charge >= 0.3 is 5.97 Å². The van der Waals surface area contributed by atoms with Crippen molar-refractivity contribution in [3.63, 3.8) is 0 Å². The van der Waals surface area contributed by atoms with Gasteiger partial charge in [0.05, 0.1) is 5.56 Å². The summed E-state index contributed by atoms with van der Waals surface area (Å²) in [7, 11) is 0. The molecule has 2 N–H and O–H groups in total. The molecule has 1 amide bonds. The number of carbonyl (C=O) groups excluding carboxylic acids is 1. The second-order valence-corrected chi connectivity index (χ2v) is 4.84. The van der Waals surface area contributed by atoms with Crippen LogP contribution in [0.3, 0.4) is 0 Å². The predicted molar refractivity (Wildman–Crippen MR) is 67.4 cm³/mol. The van der Waals surface area contributed by atoms with Gasteiger partial charge < -0.3 is 10.4 Å². The number of benzene rings is 1. The van der Waals surface area contributed by atoms with Crippen molar-refractivity contribution >= 4 is 23.6 Å². The van der Waals surface area contributed by atoms with E-state index in [1.165, 1.54) is 11.8 Å². The summed E-state index contributed by atoms with van der Waals surface area (Å²) in [6.45, 7) is 3.99. The zero-order valence-electron chi connectivity index (χ0n) is 9.77. The minimum Gasteiger partial charge on any atom is -0.480 e. The van der Waals surface area contributed by atoms with Crippen LogP contribution >= 0.6 is 11.8 Å². The van der Waals surface area contributed by atoms with Crippen LogP contribution in [0.5, 0.6) is 0 Å². The Morgan fingerprint density at radius 1 is 1.41 bits per heavy atom. The Labute approximate surface area is 104 Å². The van der Waals surface area contributed by atoms with Crippen molar-refractivity contribution in [2.75, 3.05) is 6.54 Å². The number of carboxylic acids is 1. The number of carboxylic acid groups (broad SMARTS) is 1. The minimum absolute atomic E-state index is 0.173. The summed E-state index contributed by atoms with van der Waals surface area (Å²) >= 11 is 1.17. The van der Waals surface area contributed by atoms with Crippen molar-refractivity contribution in [3.8, 4) is 0 Å². The van der Waals surface area contributed by atoms with E-state index in [1.54, 1.807) is 31.2 Å². The van der Waals surface area contributed by atoms with Crippen LogP contribution in [-0.2, 0) is 4.79 Å². The van der Waals surface area contributed by atoms with Crippen molar-refractivity contribution in [1.82, 2.24) is 5.32 Å². The lowest BCUT2D eigenvalue weighted by Crippen LogP contribution is -2.23. The topological polar surface area (TPSA) is 66.4 Å². The summed E-state index contributed by atoms with van der Waals surface area (Å²) in [6.07, 6.45) is 0. The highest BCUT2D eigenvalue weighted by atomic mass is 32.2. The van der Waals surface area contributed by atoms with E-state index in [1.807, 2.05) is 6.92 Å². The van der Waals surface area contributed by atoms with E-state index < -0.39 is 11.2 Å². The molecule has 17 heavy (non-hydrogen) atoms. The van der Waals surface area contributed by atoms with Gasteiger partial charge in [0.1, 0.15) is 5.25 Å². The molecule has 0 aliphatic rings. The molecule has 1 rings (SSSR count). The molecule has 5 heteroatoms. The fourth-order valence-electron chi connectivity index (χ4n) is 1.25. The number of carbonyl (C=O) groups is 2. The Balaban J connectivity index is 2.91. The molecule has 0 aromatic heterocycles. The Hall–Kier alpha value is -1.49. The van der Waals surface area contributed by atoms with Gasteiger partial charge in [0.15, 0.2) is 0 Å². The molecule has 1 atom stereocenters. The molecule has 0 fully saturated rings. The standard InChI is InChI=1S/C12H15NO3S/c1-3-13-11(14)9-6-4-5-7-10(9)17-8(2)12(15)16/h4-8H,3H2,1-2H3,(H,13,14)(H,15,16). The van der Waals surface area contributed by atoms with Gasteiger partial charge in [-0.3, -0.25) is 9.59 Å². The summed E-state index contributed by atoms with van der Waals surface area (Å²) in [6, 6.07) is 7.01. The van der Waals surface area contributed by atoms with E-state index in [0.29, 0.717) is 17.0 Å². The van der Waals surface area contributed by atoms with E-state index >= 15 is 0 Å². The van der Waals surface area contributed by atoms with Crippen molar-refractivity contribution in [3.05, 3.63) is 29.8 Å². The van der Waals surface area contributed by atoms with Crippen LogP contribution < -0.4 is 5.32 Å². The van der Waals surface area contributed by atoms with Gasteiger partial charge in [0.2, 0.25) is 0 Å². The van der Waals surface area contributed by atoms with Crippen molar-refractivity contribution in [2.45, 2.75) is 24.0 Å². The lowest BCUT2D eigenvalue weighted by molar-refractivity contribution is -0.136. The van der Waals surface area contributed by atoms with Crippen molar-refractivity contribution < 1.29 is 14.7 Å². The fraction of sp³-hybridized carbons (Fsp3) is 0.333. The first kappa shape index (κ1) is 13.6. The van der Waals surface area contributed by atoms with Crippen LogP contribution in [-0.4, -0.2) is 28.8 Å². The maximum Gasteiger partial charge on any atom is 0.316 e. The predicted octanol–water partition coefficient (Wildman–Crippen LogP) is 2.00. The number of hydrogen-bond donors (Lipinski definition) is 2. The van der Waals surface area contributed by atoms with E-state index in [4.69, 9.17) is 5.11 Å². The monoisotopic (exact) mass is 253 g/mol. The highest BCUT2D eigenvalue weighted by molar-refractivity contribution is 8.00. The molecule has 1 aromatic carbocycles. The molecular weight excluding hydrogens is 238 g/mol. The summed E-state index contributed by atoms with van der Waals surface area (Å²) in [4.78, 5) is 23.2. The molecule has 0 saturated carbocycles. The average Bonchev–Trinajstić information content (AvgIpc) is 2.29. The fourth-order valence-corrected chi connectivity index (χ4v) is 2.18. The van der Waals surface area contributed by atoms with Gasteiger partial charge in [-0.25, -0.2) is 0 Å². The Kier molecular flexibility index (Phi) is 5.03. The van der Waals surface area contributed by atoms with E-state index in [2.05, 4.69) is 5.32 Å². The SMILES string of the molecule is CCNC(=O)c1ccccc1SC(C)C(=O)O. The maximum absolute atomic E-state index is 11.7. The average molecular weight is 253 g/mol. The Morgan fingerprint density at radius 3 is 2.65 bits per heavy atom. The number of rotatable bonds is 5. The first-order valence-corrected chi connectivity index (χ1v) is 6.21. The second kappa shape index (κ2) is 6.30. The van der Waals surface area contributed by atoms with Gasteiger partial charge in [-0.2, -0.15) is 0 Å². The molecule has 4 nitrogen and oxygen atoms in total. The lowest BCUT2D eigenvalue weighted by atomic mass is 10.2. The molecule has 0 heterocycles. The number of thioether (sulfide) groups is 1. The lowest BCUT2D eigenvalue weighted by Gasteiger charge is -2.10. The highest BCUT2D eigenvalue weighted by Gasteiger charge is 2.17. The Bertz CT molecular complexity index is 420. The van der Waals surface area contributed by atoms with Crippen LogP contribution in [0.1, 0.15) is 24.2 Å². The third-order valence-electron chi connectivity index (χ3n) is 2.12. The highest BCUT2D eigenvalue weighted by Crippen LogP contribution is 2.26. The first-order valence-electron chi connectivity index (χ1n) is 5.33. The maximum atomic E-state index is 11.7. The third kappa shape index (κ3) is 3.78. The zero-order valence-corrected chi connectivity index (χ0v) is 10.6. The quantitative estimate of drug-likeness (QED) is 0.788. The summed E-state index contributed by atoms with van der Waals surface area (Å²) < 4.78 is 0. The molecule has 0 bridgehead atoms. The first-order chi connectivity index (χ1) is 8.06. The normalized spacial score (nSPS) is 11.9. The summed E-state index contributed by atoms with van der Waals surface area (Å²) in [5, 5.41) is 11.0. The molecule has 92 valence electrons.